The van der Waals surface area contributed by atoms with Gasteiger partial charge in [0.1, 0.15) is 5.82 Å². The smallest absolute Gasteiger partial charge is 0.320 e. The Morgan fingerprint density at radius 2 is 1.90 bits per heavy atom. The van der Waals surface area contributed by atoms with Crippen LogP contribution in [0.2, 0.25) is 0 Å². The monoisotopic (exact) mass is 430 g/mol. The molecule has 1 N–H and O–H groups in total. The van der Waals surface area contributed by atoms with E-state index in [1.54, 1.807) is 11.0 Å². The summed E-state index contributed by atoms with van der Waals surface area (Å²) in [6, 6.07) is 6.69. The number of urea groups is 1. The molecular weight excluding hydrogens is 407 g/mol. The van der Waals surface area contributed by atoms with Crippen molar-refractivity contribution in [2.45, 2.75) is 36.6 Å². The van der Waals surface area contributed by atoms with Crippen LogP contribution >= 0.6 is 0 Å². The molecule has 1 aromatic carbocycles. The Kier molecular flexibility index (Phi) is 3.43. The zero-order chi connectivity index (χ0) is 20.9. The standard InChI is InChI=1S/C21H23FN4O3S/c22-16-1-2-17(14(5-16)6-23)20-9-19(10-20,11-20)15-7-25(8-15)18(27)26-12-21(13-26)3-4-30(28,29)24-21/h1-2,5,15,24H,3-4,7-13H2. The Balaban J connectivity index is 1.04. The number of carbonyl (C=O) groups excluding carboxylic acids is 1. The van der Waals surface area contributed by atoms with E-state index in [9.17, 15) is 22.9 Å². The van der Waals surface area contributed by atoms with Gasteiger partial charge in [0.25, 0.3) is 0 Å². The minimum atomic E-state index is -3.17. The molecule has 1 aromatic rings. The molecule has 1 spiro atoms. The number of nitriles is 1. The molecule has 3 heterocycles. The predicted octanol–water partition coefficient (Wildman–Crippen LogP) is 1.55. The van der Waals surface area contributed by atoms with E-state index in [4.69, 9.17) is 0 Å². The van der Waals surface area contributed by atoms with Crippen molar-refractivity contribution >= 4 is 16.1 Å². The lowest BCUT2D eigenvalue weighted by molar-refractivity contribution is -0.207. The second-order valence-electron chi connectivity index (χ2n) is 10.2. The van der Waals surface area contributed by atoms with Crippen LogP contribution in [0.1, 0.15) is 36.8 Å². The number of hydrogen-bond donors (Lipinski definition) is 1. The molecule has 7 nitrogen and oxygen atoms in total. The summed E-state index contributed by atoms with van der Waals surface area (Å²) in [7, 11) is -3.17. The average molecular weight is 431 g/mol. The normalized spacial score (nSPS) is 35.1. The van der Waals surface area contributed by atoms with E-state index in [-0.39, 0.29) is 28.4 Å². The second kappa shape index (κ2) is 5.54. The molecular formula is C21H23FN4O3S. The van der Waals surface area contributed by atoms with Gasteiger partial charge in [0.15, 0.2) is 0 Å². The van der Waals surface area contributed by atoms with E-state index in [0.29, 0.717) is 31.0 Å². The molecule has 3 saturated carbocycles. The number of likely N-dealkylation sites (tertiary alicyclic amines) is 2. The molecule has 6 fully saturated rings. The van der Waals surface area contributed by atoms with Crippen molar-refractivity contribution in [3.8, 4) is 6.07 Å². The number of sulfonamides is 1. The van der Waals surface area contributed by atoms with Gasteiger partial charge in [0.05, 0.1) is 22.9 Å². The molecule has 7 rings (SSSR count). The molecule has 3 aliphatic carbocycles. The zero-order valence-electron chi connectivity index (χ0n) is 16.5. The van der Waals surface area contributed by atoms with Crippen LogP contribution in [0.25, 0.3) is 0 Å². The summed E-state index contributed by atoms with van der Waals surface area (Å²) < 4.78 is 39.4. The second-order valence-corrected chi connectivity index (χ2v) is 12.0. The number of nitrogens with zero attached hydrogens (tertiary/aromatic N) is 3. The number of benzene rings is 1. The highest BCUT2D eigenvalue weighted by Crippen LogP contribution is 2.77. The number of rotatable bonds is 2. The molecule has 9 heteroatoms. The van der Waals surface area contributed by atoms with Gasteiger partial charge < -0.3 is 9.80 Å². The molecule has 0 unspecified atom stereocenters. The van der Waals surface area contributed by atoms with Gasteiger partial charge in [-0.05, 0) is 60.1 Å². The SMILES string of the molecule is N#Cc1cc(F)ccc1C12CC(C3CN(C(=O)N4CC5(CCS(=O)(=O)N5)C4)C3)(C1)C2. The van der Waals surface area contributed by atoms with Crippen LogP contribution in [0.5, 0.6) is 0 Å². The van der Waals surface area contributed by atoms with Crippen LogP contribution in [0, 0.1) is 28.5 Å². The van der Waals surface area contributed by atoms with E-state index in [1.807, 2.05) is 4.90 Å². The summed E-state index contributed by atoms with van der Waals surface area (Å²) in [5.74, 6) is 0.254. The Hall–Kier alpha value is -2.18. The highest BCUT2D eigenvalue weighted by Gasteiger charge is 2.72. The molecule has 158 valence electrons. The first-order chi connectivity index (χ1) is 14.2. The molecule has 2 amide bonds. The van der Waals surface area contributed by atoms with E-state index >= 15 is 0 Å². The van der Waals surface area contributed by atoms with Crippen LogP contribution in [-0.2, 0) is 15.4 Å². The first kappa shape index (κ1) is 18.6. The van der Waals surface area contributed by atoms with E-state index in [2.05, 4.69) is 10.8 Å². The summed E-state index contributed by atoms with van der Waals surface area (Å²) >= 11 is 0. The number of halogens is 1. The fourth-order valence-corrected chi connectivity index (χ4v) is 8.34. The maximum Gasteiger partial charge on any atom is 0.320 e. The third-order valence-corrected chi connectivity index (χ3v) is 9.73. The molecule has 6 aliphatic rings. The quantitative estimate of drug-likeness (QED) is 0.770. The lowest BCUT2D eigenvalue weighted by Crippen LogP contribution is -2.75. The largest absolute Gasteiger partial charge is 0.324 e. The van der Waals surface area contributed by atoms with E-state index in [0.717, 1.165) is 37.9 Å². The first-order valence-corrected chi connectivity index (χ1v) is 12.1. The van der Waals surface area contributed by atoms with Crippen LogP contribution in [0.3, 0.4) is 0 Å². The number of nitrogens with one attached hydrogen (secondary N) is 1. The third kappa shape index (κ3) is 2.38. The molecule has 3 saturated heterocycles. The predicted molar refractivity (Wildman–Crippen MR) is 105 cm³/mol. The van der Waals surface area contributed by atoms with E-state index < -0.39 is 15.6 Å². The number of amides is 2. The summed E-state index contributed by atoms with van der Waals surface area (Å²) in [4.78, 5) is 16.3. The molecule has 30 heavy (non-hydrogen) atoms. The summed E-state index contributed by atoms with van der Waals surface area (Å²) in [5.41, 5.74) is 1.27. The molecule has 0 aromatic heterocycles. The van der Waals surface area contributed by atoms with Crippen molar-refractivity contribution in [3.63, 3.8) is 0 Å². The van der Waals surface area contributed by atoms with Gasteiger partial charge in [-0.15, -0.1) is 0 Å². The minimum absolute atomic E-state index is 0.00887. The summed E-state index contributed by atoms with van der Waals surface area (Å²) in [5, 5.41) is 9.35. The Morgan fingerprint density at radius 3 is 2.50 bits per heavy atom. The van der Waals surface area contributed by atoms with Crippen molar-refractivity contribution < 1.29 is 17.6 Å². The summed E-state index contributed by atoms with van der Waals surface area (Å²) in [6.07, 6.45) is 3.62. The fourth-order valence-electron chi connectivity index (χ4n) is 6.68. The Bertz CT molecular complexity index is 1100. The fraction of sp³-hybridized carbons (Fsp3) is 0.619. The van der Waals surface area contributed by atoms with Gasteiger partial charge in [-0.2, -0.15) is 5.26 Å². The highest BCUT2D eigenvalue weighted by molar-refractivity contribution is 7.89. The number of carbonyl (C=O) groups is 1. The minimum Gasteiger partial charge on any atom is -0.324 e. The number of hydrogen-bond acceptors (Lipinski definition) is 4. The van der Waals surface area contributed by atoms with Crippen LogP contribution < -0.4 is 4.72 Å². The summed E-state index contributed by atoms with van der Waals surface area (Å²) in [6.45, 7) is 2.42. The molecule has 3 aliphatic heterocycles. The van der Waals surface area contributed by atoms with Crippen LogP contribution in [0.15, 0.2) is 18.2 Å². The van der Waals surface area contributed by atoms with Crippen molar-refractivity contribution in [2.24, 2.45) is 11.3 Å². The van der Waals surface area contributed by atoms with Gasteiger partial charge in [-0.3, -0.25) is 0 Å². The van der Waals surface area contributed by atoms with Gasteiger partial charge in [0.2, 0.25) is 10.0 Å². The maximum atomic E-state index is 13.5. The van der Waals surface area contributed by atoms with Gasteiger partial charge in [-0.25, -0.2) is 22.3 Å². The molecule has 2 bridgehead atoms. The lowest BCUT2D eigenvalue weighted by atomic mass is 9.29. The van der Waals surface area contributed by atoms with Gasteiger partial charge in [-0.1, -0.05) is 6.07 Å². The van der Waals surface area contributed by atoms with Crippen molar-refractivity contribution in [3.05, 3.63) is 35.1 Å². The van der Waals surface area contributed by atoms with Gasteiger partial charge in [0, 0.05) is 26.2 Å². The highest BCUT2D eigenvalue weighted by atomic mass is 32.2. The lowest BCUT2D eigenvalue weighted by Gasteiger charge is -2.76. The van der Waals surface area contributed by atoms with Crippen molar-refractivity contribution in [1.29, 1.82) is 5.26 Å². The molecule has 0 atom stereocenters. The average Bonchev–Trinajstić information content (AvgIpc) is 2.89. The Morgan fingerprint density at radius 1 is 1.20 bits per heavy atom. The topological polar surface area (TPSA) is 93.5 Å². The Labute approximate surface area is 174 Å². The van der Waals surface area contributed by atoms with Crippen molar-refractivity contribution in [2.75, 3.05) is 31.9 Å². The zero-order valence-corrected chi connectivity index (χ0v) is 17.3. The first-order valence-electron chi connectivity index (χ1n) is 10.4. The molecule has 0 radical (unpaired) electrons. The maximum absolute atomic E-state index is 13.5. The van der Waals surface area contributed by atoms with Crippen LogP contribution in [0.4, 0.5) is 9.18 Å². The third-order valence-electron chi connectivity index (χ3n) is 8.24. The van der Waals surface area contributed by atoms with Crippen molar-refractivity contribution in [1.82, 2.24) is 14.5 Å². The van der Waals surface area contributed by atoms with Gasteiger partial charge >= 0.3 is 6.03 Å². The van der Waals surface area contributed by atoms with Crippen LogP contribution in [-0.4, -0.2) is 61.7 Å². The van der Waals surface area contributed by atoms with E-state index in [1.165, 1.54) is 12.1 Å².